The van der Waals surface area contributed by atoms with Crippen molar-refractivity contribution in [2.75, 3.05) is 6.54 Å². The van der Waals surface area contributed by atoms with Gasteiger partial charge in [0, 0.05) is 18.7 Å². The molecule has 1 aliphatic rings. The number of aliphatic carboxylic acids is 1. The van der Waals surface area contributed by atoms with E-state index < -0.39 is 17.7 Å². The average molecular weight is 431 g/mol. The lowest BCUT2D eigenvalue weighted by Crippen LogP contribution is -2.48. The topological polar surface area (TPSA) is 66.8 Å². The molecule has 32 heavy (non-hydrogen) atoms. The number of ether oxygens (including phenoxy) is 1. The average Bonchev–Trinajstić information content (AvgIpc) is 2.79. The normalized spacial score (nSPS) is 18.2. The second kappa shape index (κ2) is 8.67. The van der Waals surface area contributed by atoms with E-state index in [-0.39, 0.29) is 18.8 Å². The number of carbonyl (C=O) groups excluding carboxylic acids is 1. The molecule has 1 saturated heterocycles. The van der Waals surface area contributed by atoms with E-state index >= 15 is 0 Å². The number of rotatable bonds is 6. The van der Waals surface area contributed by atoms with Crippen LogP contribution >= 0.6 is 0 Å². The highest BCUT2D eigenvalue weighted by Gasteiger charge is 2.44. The molecule has 0 aliphatic carbocycles. The van der Waals surface area contributed by atoms with Gasteiger partial charge in [0.2, 0.25) is 0 Å². The molecule has 1 amide bonds. The van der Waals surface area contributed by atoms with Crippen LogP contribution in [0.25, 0.3) is 16.8 Å². The maximum atomic E-state index is 13.2. The second-order valence-corrected chi connectivity index (χ2v) is 7.73. The molecule has 1 N–H and O–H groups in total. The quantitative estimate of drug-likeness (QED) is 0.546. The predicted octanol–water partition coefficient (Wildman–Crippen LogP) is 5.68. The van der Waals surface area contributed by atoms with E-state index in [9.17, 15) is 19.1 Å². The van der Waals surface area contributed by atoms with Crippen LogP contribution < -0.4 is 0 Å². The van der Waals surface area contributed by atoms with Gasteiger partial charge in [-0.25, -0.2) is 9.18 Å². The van der Waals surface area contributed by atoms with Gasteiger partial charge in [0.25, 0.3) is 0 Å². The molecule has 1 atom stereocenters. The lowest BCUT2D eigenvalue weighted by Gasteiger charge is -2.41. The van der Waals surface area contributed by atoms with Gasteiger partial charge in [-0.3, -0.25) is 9.69 Å². The maximum absolute atomic E-state index is 13.2. The van der Waals surface area contributed by atoms with Crippen LogP contribution in [0.4, 0.5) is 9.18 Å². The van der Waals surface area contributed by atoms with E-state index in [4.69, 9.17) is 4.74 Å². The highest BCUT2D eigenvalue weighted by atomic mass is 19.1. The predicted molar refractivity (Wildman–Crippen MR) is 119 cm³/mol. The zero-order chi connectivity index (χ0) is 22.7. The van der Waals surface area contributed by atoms with Crippen molar-refractivity contribution in [1.82, 2.24) is 4.90 Å². The van der Waals surface area contributed by atoms with Crippen molar-refractivity contribution in [3.05, 3.63) is 102 Å². The summed E-state index contributed by atoms with van der Waals surface area (Å²) in [7, 11) is 0. The van der Waals surface area contributed by atoms with E-state index in [1.54, 1.807) is 36.4 Å². The molecular formula is C26H22FNO4. The Labute approximate surface area is 185 Å². The first-order chi connectivity index (χ1) is 15.4. The van der Waals surface area contributed by atoms with Crippen LogP contribution in [0, 0.1) is 5.82 Å². The first kappa shape index (κ1) is 21.3. The van der Waals surface area contributed by atoms with E-state index in [2.05, 4.69) is 6.58 Å². The third kappa shape index (κ3) is 4.25. The minimum absolute atomic E-state index is 0.277. The van der Waals surface area contributed by atoms with Gasteiger partial charge in [-0.2, -0.15) is 0 Å². The third-order valence-corrected chi connectivity index (χ3v) is 5.70. The number of nitrogens with zero attached hydrogens (tertiary/aromatic N) is 1. The van der Waals surface area contributed by atoms with Crippen LogP contribution in [0.3, 0.4) is 0 Å². The molecule has 5 nitrogen and oxygen atoms in total. The Hall–Kier alpha value is -3.93. The fourth-order valence-electron chi connectivity index (χ4n) is 3.97. The Kier molecular flexibility index (Phi) is 5.77. The summed E-state index contributed by atoms with van der Waals surface area (Å²) in [6.45, 7) is 4.33. The number of hydrogen-bond donors (Lipinski definition) is 1. The van der Waals surface area contributed by atoms with Crippen molar-refractivity contribution in [1.29, 1.82) is 0 Å². The summed E-state index contributed by atoms with van der Waals surface area (Å²) < 4.78 is 18.9. The Morgan fingerprint density at radius 3 is 2.16 bits per heavy atom. The first-order valence-corrected chi connectivity index (χ1v) is 10.2. The fourth-order valence-corrected chi connectivity index (χ4v) is 3.97. The minimum Gasteiger partial charge on any atom is -0.481 e. The van der Waals surface area contributed by atoms with Crippen molar-refractivity contribution in [3.63, 3.8) is 0 Å². The van der Waals surface area contributed by atoms with Crippen LogP contribution in [-0.2, 0) is 15.1 Å². The zero-order valence-corrected chi connectivity index (χ0v) is 17.3. The highest BCUT2D eigenvalue weighted by Crippen LogP contribution is 2.39. The number of halogens is 1. The van der Waals surface area contributed by atoms with Gasteiger partial charge in [-0.05, 0) is 34.4 Å². The van der Waals surface area contributed by atoms with Crippen molar-refractivity contribution < 1.29 is 23.8 Å². The SMILES string of the molecule is C=C(c1ccc(-c2ccc(F)cc2)cc1)N1CC[C@](CC(=O)O)(c2ccccc2)OC1=O. The summed E-state index contributed by atoms with van der Waals surface area (Å²) >= 11 is 0. The number of benzene rings is 3. The van der Waals surface area contributed by atoms with Crippen LogP contribution in [0.5, 0.6) is 0 Å². The molecular weight excluding hydrogens is 409 g/mol. The van der Waals surface area contributed by atoms with Crippen LogP contribution in [0.2, 0.25) is 0 Å². The molecule has 3 aromatic carbocycles. The van der Waals surface area contributed by atoms with Crippen molar-refractivity contribution in [3.8, 4) is 11.1 Å². The van der Waals surface area contributed by atoms with Gasteiger partial charge >= 0.3 is 12.1 Å². The van der Waals surface area contributed by atoms with E-state index in [0.29, 0.717) is 17.7 Å². The summed E-state index contributed by atoms with van der Waals surface area (Å²) in [5.41, 5.74) is 2.43. The molecule has 0 radical (unpaired) electrons. The number of carboxylic acids is 1. The van der Waals surface area contributed by atoms with Crippen LogP contribution in [0.15, 0.2) is 85.4 Å². The Balaban J connectivity index is 1.53. The minimum atomic E-state index is -1.21. The molecule has 0 aromatic heterocycles. The fraction of sp³-hybridized carbons (Fsp3) is 0.154. The zero-order valence-electron chi connectivity index (χ0n) is 17.3. The molecule has 3 aromatic rings. The standard InChI is InChI=1S/C26H22FNO4/c1-18(19-7-9-20(10-8-19)21-11-13-23(27)14-12-21)28-16-15-26(17-24(29)30,32-25(28)31)22-5-3-2-4-6-22/h2-14H,1,15-17H2,(H,29,30)/t26-/m0/s1. The Bertz CT molecular complexity index is 1140. The molecule has 4 rings (SSSR count). The number of carboxylic acid groups (broad SMARTS) is 1. The summed E-state index contributed by atoms with van der Waals surface area (Å²) in [4.78, 5) is 25.9. The summed E-state index contributed by atoms with van der Waals surface area (Å²) in [5.74, 6) is -1.33. The molecule has 162 valence electrons. The summed E-state index contributed by atoms with van der Waals surface area (Å²) in [5, 5.41) is 9.42. The van der Waals surface area contributed by atoms with E-state index in [1.807, 2.05) is 30.3 Å². The second-order valence-electron chi connectivity index (χ2n) is 7.73. The van der Waals surface area contributed by atoms with Gasteiger partial charge in [0.05, 0.1) is 6.42 Å². The van der Waals surface area contributed by atoms with Crippen molar-refractivity contribution in [2.24, 2.45) is 0 Å². The van der Waals surface area contributed by atoms with E-state index in [1.165, 1.54) is 17.0 Å². The molecule has 1 aliphatic heterocycles. The Morgan fingerprint density at radius 2 is 1.59 bits per heavy atom. The molecule has 6 heteroatoms. The molecule has 0 spiro atoms. The van der Waals surface area contributed by atoms with E-state index in [0.717, 1.165) is 16.7 Å². The highest BCUT2D eigenvalue weighted by molar-refractivity contribution is 5.83. The van der Waals surface area contributed by atoms with Gasteiger partial charge in [-0.15, -0.1) is 0 Å². The number of amides is 1. The van der Waals surface area contributed by atoms with Gasteiger partial charge < -0.3 is 9.84 Å². The number of hydrogen-bond acceptors (Lipinski definition) is 3. The third-order valence-electron chi connectivity index (χ3n) is 5.70. The largest absolute Gasteiger partial charge is 0.481 e. The molecule has 1 heterocycles. The lowest BCUT2D eigenvalue weighted by atomic mass is 9.85. The molecule has 1 fully saturated rings. The summed E-state index contributed by atoms with van der Waals surface area (Å²) in [6.07, 6.45) is -0.620. The first-order valence-electron chi connectivity index (χ1n) is 10.2. The van der Waals surface area contributed by atoms with Crippen molar-refractivity contribution in [2.45, 2.75) is 18.4 Å². The van der Waals surface area contributed by atoms with Gasteiger partial charge in [0.15, 0.2) is 5.60 Å². The van der Waals surface area contributed by atoms with Crippen molar-refractivity contribution >= 4 is 17.8 Å². The molecule has 0 saturated carbocycles. The van der Waals surface area contributed by atoms with Gasteiger partial charge in [-0.1, -0.05) is 73.3 Å². The lowest BCUT2D eigenvalue weighted by molar-refractivity contribution is -0.145. The summed E-state index contributed by atoms with van der Waals surface area (Å²) in [6, 6.07) is 22.6. The van der Waals surface area contributed by atoms with Gasteiger partial charge in [0.1, 0.15) is 5.82 Å². The smallest absolute Gasteiger partial charge is 0.415 e. The number of carbonyl (C=O) groups is 2. The monoisotopic (exact) mass is 431 g/mol. The maximum Gasteiger partial charge on any atom is 0.415 e. The molecule has 0 unspecified atom stereocenters. The van der Waals surface area contributed by atoms with Crippen LogP contribution in [-0.4, -0.2) is 28.6 Å². The molecule has 0 bridgehead atoms. The Morgan fingerprint density at radius 1 is 1.00 bits per heavy atom. The number of cyclic esters (lactones) is 1. The van der Waals surface area contributed by atoms with Crippen LogP contribution in [0.1, 0.15) is 24.0 Å².